The van der Waals surface area contributed by atoms with Crippen LogP contribution in [0.25, 0.3) is 0 Å². The van der Waals surface area contributed by atoms with Gasteiger partial charge in [0.2, 0.25) is 0 Å². The molecule has 5 heteroatoms. The summed E-state index contributed by atoms with van der Waals surface area (Å²) in [4.78, 5) is 22.4. The van der Waals surface area contributed by atoms with E-state index in [1.807, 2.05) is 32.0 Å². The van der Waals surface area contributed by atoms with Gasteiger partial charge in [0.25, 0.3) is 0 Å². The van der Waals surface area contributed by atoms with E-state index < -0.39 is 0 Å². The molecule has 5 nitrogen and oxygen atoms in total. The largest absolute Gasteiger partial charge is 0.469 e. The lowest BCUT2D eigenvalue weighted by molar-refractivity contribution is -0.140. The van der Waals surface area contributed by atoms with Gasteiger partial charge < -0.3 is 15.4 Å². The quantitative estimate of drug-likeness (QED) is 0.803. The van der Waals surface area contributed by atoms with Gasteiger partial charge in [-0.15, -0.1) is 0 Å². The summed E-state index contributed by atoms with van der Waals surface area (Å²) >= 11 is 0. The Labute approximate surface area is 107 Å². The minimum atomic E-state index is -0.346. The number of amides is 2. The molecule has 2 N–H and O–H groups in total. The van der Waals surface area contributed by atoms with Gasteiger partial charge in [-0.3, -0.25) is 4.79 Å². The number of hydrogen-bond donors (Lipinski definition) is 2. The van der Waals surface area contributed by atoms with Crippen molar-refractivity contribution in [3.63, 3.8) is 0 Å². The highest BCUT2D eigenvalue weighted by Crippen LogP contribution is 2.13. The number of nitrogens with one attached hydrogen (secondary N) is 2. The number of hydrogen-bond acceptors (Lipinski definition) is 3. The van der Waals surface area contributed by atoms with Gasteiger partial charge in [-0.25, -0.2) is 4.79 Å². The monoisotopic (exact) mass is 250 g/mol. The van der Waals surface area contributed by atoms with Gasteiger partial charge >= 0.3 is 12.0 Å². The summed E-state index contributed by atoms with van der Waals surface area (Å²) in [6, 6.07) is 5.46. The second kappa shape index (κ2) is 6.64. The molecule has 0 heterocycles. The molecule has 1 aromatic rings. The maximum absolute atomic E-state index is 11.5. The van der Waals surface area contributed by atoms with Gasteiger partial charge in [0.1, 0.15) is 0 Å². The molecule has 0 aromatic heterocycles. The van der Waals surface area contributed by atoms with E-state index in [1.54, 1.807) is 0 Å². The van der Waals surface area contributed by atoms with Crippen LogP contribution in [0.1, 0.15) is 17.5 Å². The highest BCUT2D eigenvalue weighted by atomic mass is 16.5. The Morgan fingerprint density at radius 2 is 1.78 bits per heavy atom. The van der Waals surface area contributed by atoms with Gasteiger partial charge in [0, 0.05) is 12.2 Å². The van der Waals surface area contributed by atoms with E-state index in [9.17, 15) is 9.59 Å². The first-order chi connectivity index (χ1) is 8.51. The van der Waals surface area contributed by atoms with Gasteiger partial charge in [-0.1, -0.05) is 6.07 Å². The molecule has 0 aliphatic carbocycles. The van der Waals surface area contributed by atoms with Gasteiger partial charge in [0.15, 0.2) is 0 Å². The zero-order valence-electron chi connectivity index (χ0n) is 10.9. The first kappa shape index (κ1) is 14.0. The number of carbonyl (C=O) groups is 2. The van der Waals surface area contributed by atoms with Crippen molar-refractivity contribution in [3.05, 3.63) is 29.3 Å². The molecule has 0 aliphatic heterocycles. The summed E-state index contributed by atoms with van der Waals surface area (Å²) < 4.78 is 4.47. The summed E-state index contributed by atoms with van der Waals surface area (Å²) in [5.74, 6) is -0.346. The molecule has 98 valence electrons. The predicted molar refractivity (Wildman–Crippen MR) is 69.6 cm³/mol. The lowest BCUT2D eigenvalue weighted by Crippen LogP contribution is -2.30. The molecule has 0 saturated carbocycles. The third kappa shape index (κ3) is 4.86. The lowest BCUT2D eigenvalue weighted by Gasteiger charge is -2.08. The van der Waals surface area contributed by atoms with Crippen molar-refractivity contribution in [2.24, 2.45) is 0 Å². The van der Waals surface area contributed by atoms with Crippen molar-refractivity contribution >= 4 is 17.7 Å². The number of ether oxygens (including phenoxy) is 1. The summed E-state index contributed by atoms with van der Waals surface area (Å²) in [6.07, 6.45) is 0.163. The van der Waals surface area contributed by atoms with Crippen LogP contribution in [0.4, 0.5) is 10.5 Å². The molecule has 0 radical (unpaired) electrons. The summed E-state index contributed by atoms with van der Waals surface area (Å²) in [5, 5.41) is 5.30. The third-order valence-corrected chi connectivity index (χ3v) is 2.32. The Kier molecular flexibility index (Phi) is 5.17. The number of carbonyl (C=O) groups excluding carboxylic acids is 2. The second-order valence-electron chi connectivity index (χ2n) is 4.08. The van der Waals surface area contributed by atoms with E-state index in [4.69, 9.17) is 0 Å². The van der Waals surface area contributed by atoms with Crippen molar-refractivity contribution in [2.45, 2.75) is 20.3 Å². The molecule has 0 fully saturated rings. The Morgan fingerprint density at radius 1 is 1.17 bits per heavy atom. The standard InChI is InChI=1S/C13H18N2O3/c1-9-6-10(2)8-11(7-9)15-13(17)14-5-4-12(16)18-3/h6-8H,4-5H2,1-3H3,(H2,14,15,17). The third-order valence-electron chi connectivity index (χ3n) is 2.32. The Bertz CT molecular complexity index is 424. The molecule has 18 heavy (non-hydrogen) atoms. The van der Waals surface area contributed by atoms with Crippen molar-refractivity contribution in [1.29, 1.82) is 0 Å². The van der Waals surface area contributed by atoms with Gasteiger partial charge in [-0.05, 0) is 37.1 Å². The molecule has 0 saturated heterocycles. The fourth-order valence-corrected chi connectivity index (χ4v) is 1.60. The first-order valence-corrected chi connectivity index (χ1v) is 5.71. The van der Waals surface area contributed by atoms with E-state index in [2.05, 4.69) is 15.4 Å². The Hall–Kier alpha value is -2.04. The number of esters is 1. The number of methoxy groups -OCH3 is 1. The molecule has 2 amide bonds. The molecule has 0 bridgehead atoms. The van der Waals surface area contributed by atoms with E-state index in [0.717, 1.165) is 16.8 Å². The Morgan fingerprint density at radius 3 is 2.33 bits per heavy atom. The average Bonchev–Trinajstić information content (AvgIpc) is 2.27. The van der Waals surface area contributed by atoms with E-state index in [-0.39, 0.29) is 25.0 Å². The molecular weight excluding hydrogens is 232 g/mol. The Balaban J connectivity index is 2.42. The number of benzene rings is 1. The lowest BCUT2D eigenvalue weighted by atomic mass is 10.1. The van der Waals surface area contributed by atoms with Crippen LogP contribution in [0.15, 0.2) is 18.2 Å². The normalized spacial score (nSPS) is 9.72. The average molecular weight is 250 g/mol. The fourth-order valence-electron chi connectivity index (χ4n) is 1.60. The smallest absolute Gasteiger partial charge is 0.319 e. The van der Waals surface area contributed by atoms with E-state index in [0.29, 0.717) is 0 Å². The van der Waals surface area contributed by atoms with E-state index in [1.165, 1.54) is 7.11 Å². The predicted octanol–water partition coefficient (Wildman–Crippen LogP) is 1.99. The van der Waals surface area contributed by atoms with Crippen LogP contribution in [-0.2, 0) is 9.53 Å². The molecule has 0 atom stereocenters. The van der Waals surface area contributed by atoms with E-state index >= 15 is 0 Å². The van der Waals surface area contributed by atoms with Crippen molar-refractivity contribution in [2.75, 3.05) is 19.0 Å². The van der Waals surface area contributed by atoms with Crippen molar-refractivity contribution in [3.8, 4) is 0 Å². The van der Waals surface area contributed by atoms with Gasteiger partial charge in [-0.2, -0.15) is 0 Å². The van der Waals surface area contributed by atoms with Crippen LogP contribution in [-0.4, -0.2) is 25.7 Å². The molecule has 0 unspecified atom stereocenters. The fraction of sp³-hybridized carbons (Fsp3) is 0.385. The van der Waals surface area contributed by atoms with Crippen LogP contribution in [0, 0.1) is 13.8 Å². The van der Waals surface area contributed by atoms with Crippen molar-refractivity contribution < 1.29 is 14.3 Å². The number of anilines is 1. The summed E-state index contributed by atoms with van der Waals surface area (Å²) in [7, 11) is 1.32. The maximum atomic E-state index is 11.5. The zero-order valence-corrected chi connectivity index (χ0v) is 10.9. The molecule has 0 aliphatic rings. The molecule has 1 rings (SSSR count). The maximum Gasteiger partial charge on any atom is 0.319 e. The zero-order chi connectivity index (χ0) is 13.5. The number of rotatable bonds is 4. The summed E-state index contributed by atoms with van der Waals surface area (Å²) in [6.45, 7) is 4.18. The topological polar surface area (TPSA) is 67.4 Å². The van der Waals surface area contributed by atoms with Crippen LogP contribution in [0.3, 0.4) is 0 Å². The van der Waals surface area contributed by atoms with Crippen LogP contribution >= 0.6 is 0 Å². The SMILES string of the molecule is COC(=O)CCNC(=O)Nc1cc(C)cc(C)c1. The summed E-state index contributed by atoms with van der Waals surface area (Å²) in [5.41, 5.74) is 2.91. The minimum absolute atomic E-state index is 0.163. The van der Waals surface area contributed by atoms with Crippen LogP contribution in [0.5, 0.6) is 0 Å². The first-order valence-electron chi connectivity index (χ1n) is 5.71. The number of urea groups is 1. The van der Waals surface area contributed by atoms with Crippen molar-refractivity contribution in [1.82, 2.24) is 5.32 Å². The van der Waals surface area contributed by atoms with Crippen LogP contribution < -0.4 is 10.6 Å². The highest BCUT2D eigenvalue weighted by Gasteiger charge is 2.04. The molecule has 0 spiro atoms. The molecule has 1 aromatic carbocycles. The highest BCUT2D eigenvalue weighted by molar-refractivity contribution is 5.89. The molecular formula is C13H18N2O3. The minimum Gasteiger partial charge on any atom is -0.469 e. The number of aryl methyl sites for hydroxylation is 2. The van der Waals surface area contributed by atoms with Gasteiger partial charge in [0.05, 0.1) is 13.5 Å². The second-order valence-corrected chi connectivity index (χ2v) is 4.08. The van der Waals surface area contributed by atoms with Crippen LogP contribution in [0.2, 0.25) is 0 Å².